The lowest BCUT2D eigenvalue weighted by Crippen LogP contribution is -2.57. The maximum absolute atomic E-state index is 12.0. The molecular formula is C9H14N2O2S2. The van der Waals surface area contributed by atoms with E-state index in [0.29, 0.717) is 17.3 Å². The van der Waals surface area contributed by atoms with E-state index in [2.05, 4.69) is 0 Å². The molecule has 0 radical (unpaired) electrons. The van der Waals surface area contributed by atoms with Crippen LogP contribution >= 0.6 is 11.3 Å². The van der Waals surface area contributed by atoms with E-state index in [0.717, 1.165) is 11.3 Å². The summed E-state index contributed by atoms with van der Waals surface area (Å²) in [5, 5.41) is 0. The van der Waals surface area contributed by atoms with Gasteiger partial charge in [0, 0.05) is 24.0 Å². The molecule has 0 bridgehead atoms. The molecule has 0 aromatic carbocycles. The van der Waals surface area contributed by atoms with Gasteiger partial charge in [0.25, 0.3) is 10.0 Å². The van der Waals surface area contributed by atoms with Gasteiger partial charge in [0.05, 0.1) is 0 Å². The summed E-state index contributed by atoms with van der Waals surface area (Å²) < 4.78 is 25.8. The minimum Gasteiger partial charge on any atom is -0.325 e. The number of hydrogen-bond donors (Lipinski definition) is 1. The molecule has 2 N–H and O–H groups in total. The smallest absolute Gasteiger partial charge is 0.252 e. The summed E-state index contributed by atoms with van der Waals surface area (Å²) in [6.07, 6.45) is 0.875. The van der Waals surface area contributed by atoms with Crippen LogP contribution in [0.4, 0.5) is 0 Å². The summed E-state index contributed by atoms with van der Waals surface area (Å²) in [6, 6.07) is 3.56. The Morgan fingerprint density at radius 2 is 2.20 bits per heavy atom. The highest BCUT2D eigenvalue weighted by Crippen LogP contribution is 2.27. The van der Waals surface area contributed by atoms with E-state index in [1.165, 1.54) is 15.6 Å². The molecule has 1 saturated heterocycles. The van der Waals surface area contributed by atoms with Crippen molar-refractivity contribution in [3.05, 3.63) is 17.0 Å². The molecule has 84 valence electrons. The van der Waals surface area contributed by atoms with Gasteiger partial charge in [-0.25, -0.2) is 8.42 Å². The average Bonchev–Trinajstić information content (AvgIpc) is 2.61. The predicted molar refractivity (Wildman–Crippen MR) is 60.4 cm³/mol. The van der Waals surface area contributed by atoms with Crippen LogP contribution in [0.25, 0.3) is 0 Å². The van der Waals surface area contributed by atoms with Crippen LogP contribution in [0.1, 0.15) is 11.8 Å². The lowest BCUT2D eigenvalue weighted by atomic mass is 10.2. The number of sulfonamides is 1. The molecule has 1 aromatic heterocycles. The minimum atomic E-state index is -3.25. The van der Waals surface area contributed by atoms with E-state index in [1.807, 2.05) is 13.0 Å². The second-order valence-corrected chi connectivity index (χ2v) is 6.99. The van der Waals surface area contributed by atoms with E-state index >= 15 is 0 Å². The zero-order valence-electron chi connectivity index (χ0n) is 8.51. The second kappa shape index (κ2) is 3.86. The molecule has 1 aliphatic rings. The molecule has 1 aliphatic heterocycles. The van der Waals surface area contributed by atoms with Crippen LogP contribution in [-0.2, 0) is 16.4 Å². The van der Waals surface area contributed by atoms with E-state index in [1.54, 1.807) is 6.07 Å². The first-order valence-electron chi connectivity index (χ1n) is 4.88. The third kappa shape index (κ3) is 1.94. The van der Waals surface area contributed by atoms with Crippen LogP contribution in [0.5, 0.6) is 0 Å². The molecule has 0 saturated carbocycles. The van der Waals surface area contributed by atoms with Crippen molar-refractivity contribution < 1.29 is 8.42 Å². The Morgan fingerprint density at radius 3 is 2.67 bits per heavy atom. The first-order chi connectivity index (χ1) is 7.04. The summed E-state index contributed by atoms with van der Waals surface area (Å²) in [5.74, 6) is 0. The van der Waals surface area contributed by atoms with Gasteiger partial charge in [0.2, 0.25) is 0 Å². The summed E-state index contributed by atoms with van der Waals surface area (Å²) in [4.78, 5) is 1.10. The zero-order chi connectivity index (χ0) is 11.1. The number of hydrogen-bond acceptors (Lipinski definition) is 4. The van der Waals surface area contributed by atoms with E-state index in [4.69, 9.17) is 5.73 Å². The van der Waals surface area contributed by atoms with Gasteiger partial charge in [0.15, 0.2) is 0 Å². The molecule has 1 fully saturated rings. The zero-order valence-corrected chi connectivity index (χ0v) is 10.1. The first-order valence-corrected chi connectivity index (χ1v) is 7.14. The van der Waals surface area contributed by atoms with Crippen LogP contribution in [-0.4, -0.2) is 31.9 Å². The van der Waals surface area contributed by atoms with Gasteiger partial charge in [0.1, 0.15) is 4.21 Å². The molecule has 0 spiro atoms. The lowest BCUT2D eigenvalue weighted by molar-refractivity contribution is 0.266. The van der Waals surface area contributed by atoms with Gasteiger partial charge in [-0.2, -0.15) is 4.31 Å². The quantitative estimate of drug-likeness (QED) is 0.851. The van der Waals surface area contributed by atoms with Crippen molar-refractivity contribution in [2.24, 2.45) is 5.73 Å². The summed E-state index contributed by atoms with van der Waals surface area (Å²) in [6.45, 7) is 2.91. The summed E-state index contributed by atoms with van der Waals surface area (Å²) in [7, 11) is -3.25. The molecule has 1 aromatic rings. The monoisotopic (exact) mass is 246 g/mol. The highest BCUT2D eigenvalue weighted by molar-refractivity contribution is 7.91. The third-order valence-electron chi connectivity index (χ3n) is 2.46. The summed E-state index contributed by atoms with van der Waals surface area (Å²) >= 11 is 1.35. The van der Waals surface area contributed by atoms with Crippen molar-refractivity contribution in [3.8, 4) is 0 Å². The number of nitrogens with two attached hydrogens (primary N) is 1. The Bertz CT molecular complexity index is 446. The topological polar surface area (TPSA) is 63.4 Å². The third-order valence-corrected chi connectivity index (χ3v) is 5.98. The molecule has 6 heteroatoms. The van der Waals surface area contributed by atoms with Crippen LogP contribution < -0.4 is 5.73 Å². The van der Waals surface area contributed by atoms with E-state index in [9.17, 15) is 8.42 Å². The molecular weight excluding hydrogens is 232 g/mol. The number of rotatable bonds is 3. The van der Waals surface area contributed by atoms with Crippen LogP contribution in [0.3, 0.4) is 0 Å². The van der Waals surface area contributed by atoms with Crippen LogP contribution in [0.2, 0.25) is 0 Å². The lowest BCUT2D eigenvalue weighted by Gasteiger charge is -2.35. The number of nitrogens with zero attached hydrogens (tertiary/aromatic N) is 1. The minimum absolute atomic E-state index is 0.00498. The van der Waals surface area contributed by atoms with Crippen molar-refractivity contribution in [1.82, 2.24) is 4.31 Å². The molecule has 0 aliphatic carbocycles. The Kier molecular flexibility index (Phi) is 2.85. The van der Waals surface area contributed by atoms with Gasteiger partial charge in [-0.15, -0.1) is 11.3 Å². The molecule has 15 heavy (non-hydrogen) atoms. The molecule has 4 nitrogen and oxygen atoms in total. The van der Waals surface area contributed by atoms with Crippen LogP contribution in [0.15, 0.2) is 16.3 Å². The highest BCUT2D eigenvalue weighted by atomic mass is 32.2. The van der Waals surface area contributed by atoms with Crippen molar-refractivity contribution in [1.29, 1.82) is 0 Å². The highest BCUT2D eigenvalue weighted by Gasteiger charge is 2.35. The van der Waals surface area contributed by atoms with Gasteiger partial charge >= 0.3 is 0 Å². The molecule has 2 heterocycles. The van der Waals surface area contributed by atoms with Gasteiger partial charge in [-0.05, 0) is 18.6 Å². The average molecular weight is 246 g/mol. The van der Waals surface area contributed by atoms with Gasteiger partial charge in [-0.1, -0.05) is 6.92 Å². The van der Waals surface area contributed by atoms with Gasteiger partial charge < -0.3 is 5.73 Å². The standard InChI is InChI=1S/C9H14N2O2S2/c1-2-8-3-4-9(14-8)15(12,13)11-5-7(10)6-11/h3-4,7H,2,5-6,10H2,1H3. The number of thiophene rings is 1. The van der Waals surface area contributed by atoms with Crippen molar-refractivity contribution in [3.63, 3.8) is 0 Å². The maximum Gasteiger partial charge on any atom is 0.252 e. The Hall–Kier alpha value is -0.430. The van der Waals surface area contributed by atoms with Crippen molar-refractivity contribution in [2.75, 3.05) is 13.1 Å². The normalized spacial score (nSPS) is 19.1. The summed E-state index contributed by atoms with van der Waals surface area (Å²) in [5.41, 5.74) is 5.57. The largest absolute Gasteiger partial charge is 0.325 e. The first kappa shape index (κ1) is 11.1. The second-order valence-electron chi connectivity index (χ2n) is 3.66. The Morgan fingerprint density at radius 1 is 1.53 bits per heavy atom. The fraction of sp³-hybridized carbons (Fsp3) is 0.556. The molecule has 0 atom stereocenters. The fourth-order valence-electron chi connectivity index (χ4n) is 1.48. The van der Waals surface area contributed by atoms with Crippen molar-refractivity contribution in [2.45, 2.75) is 23.6 Å². The Labute approximate surface area is 93.8 Å². The fourth-order valence-corrected chi connectivity index (χ4v) is 4.48. The van der Waals surface area contributed by atoms with Crippen LogP contribution in [0, 0.1) is 0 Å². The number of aryl methyl sites for hydroxylation is 1. The van der Waals surface area contributed by atoms with E-state index < -0.39 is 10.0 Å². The van der Waals surface area contributed by atoms with Gasteiger partial charge in [-0.3, -0.25) is 0 Å². The predicted octanol–water partition coefficient (Wildman–Crippen LogP) is 0.642. The molecule has 0 amide bonds. The molecule has 2 rings (SSSR count). The maximum atomic E-state index is 12.0. The van der Waals surface area contributed by atoms with E-state index in [-0.39, 0.29) is 6.04 Å². The molecule has 0 unspecified atom stereocenters. The Balaban J connectivity index is 2.22. The SMILES string of the molecule is CCc1ccc(S(=O)(=O)N2CC(N)C2)s1. The van der Waals surface area contributed by atoms with Crippen molar-refractivity contribution >= 4 is 21.4 Å².